The molecule has 31 heavy (non-hydrogen) atoms. The van der Waals surface area contributed by atoms with Gasteiger partial charge in [0.2, 0.25) is 5.91 Å². The molecule has 7 heteroatoms. The van der Waals surface area contributed by atoms with Crippen molar-refractivity contribution in [3.63, 3.8) is 0 Å². The number of halogens is 3. The Balaban J connectivity index is 1.72. The first kappa shape index (κ1) is 23.8. The van der Waals surface area contributed by atoms with Gasteiger partial charge in [0.25, 0.3) is 0 Å². The van der Waals surface area contributed by atoms with Crippen molar-refractivity contribution in [3.8, 4) is 0 Å². The average molecular weight is 495 g/mol. The largest absolute Gasteiger partial charge is 0.390 e. The van der Waals surface area contributed by atoms with Gasteiger partial charge in [-0.3, -0.25) is 4.79 Å². The SMILES string of the molecule is CCc1cc(Br)c2c(c1)[C@@H](NC[C@H](O)[C@H](Cc1cc(F)cc(F)c1)NC(C)=O)CCC2. The van der Waals surface area contributed by atoms with E-state index in [1.165, 1.54) is 35.7 Å². The van der Waals surface area contributed by atoms with Crippen LogP contribution >= 0.6 is 15.9 Å². The van der Waals surface area contributed by atoms with E-state index >= 15 is 0 Å². The van der Waals surface area contributed by atoms with Crippen LogP contribution in [0.3, 0.4) is 0 Å². The zero-order valence-corrected chi connectivity index (χ0v) is 19.4. The monoisotopic (exact) mass is 494 g/mol. The van der Waals surface area contributed by atoms with Gasteiger partial charge in [0.15, 0.2) is 0 Å². The van der Waals surface area contributed by atoms with E-state index in [9.17, 15) is 18.7 Å². The number of aryl methyl sites for hydroxylation is 1. The second-order valence-corrected chi connectivity index (χ2v) is 9.06. The van der Waals surface area contributed by atoms with E-state index in [0.717, 1.165) is 36.2 Å². The number of hydrogen-bond acceptors (Lipinski definition) is 3. The zero-order chi connectivity index (χ0) is 22.5. The summed E-state index contributed by atoms with van der Waals surface area (Å²) < 4.78 is 28.2. The standard InChI is InChI=1S/C24H29BrF2N2O2/c1-3-15-9-20-19(21(25)10-15)5-4-6-22(20)28-13-24(31)23(29-14(2)30)11-16-7-17(26)12-18(27)8-16/h7-10,12,22-24,28,31H,3-6,11,13H2,1-2H3,(H,29,30)/t22-,23-,24-/m0/s1. The minimum atomic E-state index is -0.918. The van der Waals surface area contributed by atoms with E-state index in [-0.39, 0.29) is 24.9 Å². The van der Waals surface area contributed by atoms with Crippen molar-refractivity contribution < 1.29 is 18.7 Å². The van der Waals surface area contributed by atoms with E-state index in [1.807, 2.05) is 0 Å². The van der Waals surface area contributed by atoms with Crippen LogP contribution in [-0.4, -0.2) is 29.7 Å². The van der Waals surface area contributed by atoms with Crippen molar-refractivity contribution in [1.82, 2.24) is 10.6 Å². The van der Waals surface area contributed by atoms with Gasteiger partial charge in [-0.2, -0.15) is 0 Å². The Bertz CT molecular complexity index is 918. The fraction of sp³-hybridized carbons (Fsp3) is 0.458. The second kappa shape index (κ2) is 10.7. The molecule has 0 bridgehead atoms. The van der Waals surface area contributed by atoms with Gasteiger partial charge >= 0.3 is 0 Å². The van der Waals surface area contributed by atoms with Crippen molar-refractivity contribution in [3.05, 3.63) is 68.7 Å². The van der Waals surface area contributed by atoms with Crippen molar-refractivity contribution in [2.45, 2.75) is 64.1 Å². The van der Waals surface area contributed by atoms with Gasteiger partial charge in [-0.15, -0.1) is 0 Å². The third kappa shape index (κ3) is 6.34. The number of aliphatic hydroxyl groups excluding tert-OH is 1. The number of fused-ring (bicyclic) bond motifs is 1. The molecule has 0 fully saturated rings. The molecule has 168 valence electrons. The average Bonchev–Trinajstić information content (AvgIpc) is 2.70. The highest BCUT2D eigenvalue weighted by Crippen LogP contribution is 2.35. The topological polar surface area (TPSA) is 61.4 Å². The molecular weight excluding hydrogens is 466 g/mol. The van der Waals surface area contributed by atoms with E-state index in [1.54, 1.807) is 0 Å². The normalized spacial score (nSPS) is 17.7. The quantitative estimate of drug-likeness (QED) is 0.510. The number of amides is 1. The summed E-state index contributed by atoms with van der Waals surface area (Å²) in [4.78, 5) is 11.7. The molecule has 4 nitrogen and oxygen atoms in total. The van der Waals surface area contributed by atoms with Crippen molar-refractivity contribution in [1.29, 1.82) is 0 Å². The van der Waals surface area contributed by atoms with Gasteiger partial charge in [-0.25, -0.2) is 8.78 Å². The molecule has 1 aliphatic carbocycles. The Labute approximate surface area is 190 Å². The molecule has 3 N–H and O–H groups in total. The Morgan fingerprint density at radius 2 is 1.90 bits per heavy atom. The highest BCUT2D eigenvalue weighted by molar-refractivity contribution is 9.10. The number of rotatable bonds is 8. The number of carbonyl (C=O) groups excluding carboxylic acids is 1. The predicted octanol–water partition coefficient (Wildman–Crippen LogP) is 4.37. The lowest BCUT2D eigenvalue weighted by atomic mass is 9.86. The molecule has 0 aromatic heterocycles. The maximum absolute atomic E-state index is 13.6. The summed E-state index contributed by atoms with van der Waals surface area (Å²) in [7, 11) is 0. The van der Waals surface area contributed by atoms with Crippen molar-refractivity contribution in [2.24, 2.45) is 0 Å². The summed E-state index contributed by atoms with van der Waals surface area (Å²) >= 11 is 3.69. The molecule has 0 heterocycles. The van der Waals surface area contributed by atoms with Gasteiger partial charge in [0.1, 0.15) is 11.6 Å². The van der Waals surface area contributed by atoms with Crippen LogP contribution in [0.4, 0.5) is 8.78 Å². The summed E-state index contributed by atoms with van der Waals surface area (Å²) in [5, 5.41) is 17.0. The Kier molecular flexibility index (Phi) is 8.19. The van der Waals surface area contributed by atoms with Crippen LogP contribution in [0.5, 0.6) is 0 Å². The number of carbonyl (C=O) groups is 1. The molecule has 0 aliphatic heterocycles. The van der Waals surface area contributed by atoms with Gasteiger partial charge in [-0.1, -0.05) is 28.9 Å². The van der Waals surface area contributed by atoms with E-state index in [4.69, 9.17) is 0 Å². The molecule has 0 saturated carbocycles. The van der Waals surface area contributed by atoms with Crippen LogP contribution in [0.25, 0.3) is 0 Å². The molecule has 1 amide bonds. The molecule has 1 aliphatic rings. The number of benzene rings is 2. The zero-order valence-electron chi connectivity index (χ0n) is 17.9. The second-order valence-electron chi connectivity index (χ2n) is 8.21. The smallest absolute Gasteiger partial charge is 0.217 e. The Morgan fingerprint density at radius 1 is 1.19 bits per heavy atom. The van der Waals surface area contributed by atoms with Crippen LogP contribution in [-0.2, 0) is 24.1 Å². The molecule has 0 unspecified atom stereocenters. The van der Waals surface area contributed by atoms with Crippen LogP contribution in [0.1, 0.15) is 55.0 Å². The number of aliphatic hydroxyl groups is 1. The minimum Gasteiger partial charge on any atom is -0.390 e. The summed E-state index contributed by atoms with van der Waals surface area (Å²) in [6.45, 7) is 3.73. The minimum absolute atomic E-state index is 0.103. The summed E-state index contributed by atoms with van der Waals surface area (Å²) in [6, 6.07) is 7.08. The predicted molar refractivity (Wildman–Crippen MR) is 121 cm³/mol. The van der Waals surface area contributed by atoms with Gasteiger partial charge in [0, 0.05) is 30.0 Å². The molecule has 0 saturated heterocycles. The van der Waals surface area contributed by atoms with Crippen LogP contribution in [0.15, 0.2) is 34.8 Å². The lowest BCUT2D eigenvalue weighted by molar-refractivity contribution is -0.120. The maximum Gasteiger partial charge on any atom is 0.217 e. The molecular formula is C24H29BrF2N2O2. The van der Waals surface area contributed by atoms with Gasteiger partial charge < -0.3 is 15.7 Å². The number of hydrogen-bond donors (Lipinski definition) is 3. The first-order valence-electron chi connectivity index (χ1n) is 10.7. The van der Waals surface area contributed by atoms with Crippen LogP contribution < -0.4 is 10.6 Å². The van der Waals surface area contributed by atoms with Gasteiger partial charge in [-0.05, 0) is 72.6 Å². The fourth-order valence-electron chi connectivity index (χ4n) is 4.28. The molecule has 3 rings (SSSR count). The van der Waals surface area contributed by atoms with Crippen LogP contribution in [0.2, 0.25) is 0 Å². The highest BCUT2D eigenvalue weighted by Gasteiger charge is 2.26. The van der Waals surface area contributed by atoms with Crippen molar-refractivity contribution >= 4 is 21.8 Å². The first-order chi connectivity index (χ1) is 14.8. The summed E-state index contributed by atoms with van der Waals surface area (Å²) in [5.74, 6) is -1.67. The molecule has 2 aromatic carbocycles. The molecule has 3 atom stereocenters. The van der Waals surface area contributed by atoms with Crippen LogP contribution in [0, 0.1) is 11.6 Å². The highest BCUT2D eigenvalue weighted by atomic mass is 79.9. The van der Waals surface area contributed by atoms with Gasteiger partial charge in [0.05, 0.1) is 12.1 Å². The third-order valence-electron chi connectivity index (χ3n) is 5.80. The molecule has 0 spiro atoms. The lowest BCUT2D eigenvalue weighted by Crippen LogP contribution is -2.48. The summed E-state index contributed by atoms with van der Waals surface area (Å²) in [6.07, 6.45) is 3.17. The number of nitrogens with one attached hydrogen (secondary N) is 2. The van der Waals surface area contributed by atoms with E-state index in [2.05, 4.69) is 45.6 Å². The maximum atomic E-state index is 13.6. The lowest BCUT2D eigenvalue weighted by Gasteiger charge is -2.31. The Hall–Kier alpha value is -1.83. The fourth-order valence-corrected chi connectivity index (χ4v) is 5.00. The van der Waals surface area contributed by atoms with E-state index in [0.29, 0.717) is 5.56 Å². The summed E-state index contributed by atoms with van der Waals surface area (Å²) in [5.41, 5.74) is 4.18. The molecule has 0 radical (unpaired) electrons. The van der Waals surface area contributed by atoms with Crippen molar-refractivity contribution in [2.75, 3.05) is 6.54 Å². The Morgan fingerprint density at radius 3 is 2.55 bits per heavy atom. The third-order valence-corrected chi connectivity index (χ3v) is 6.51. The van der Waals surface area contributed by atoms with E-state index < -0.39 is 23.8 Å². The molecule has 2 aromatic rings. The first-order valence-corrected chi connectivity index (χ1v) is 11.5.